The lowest BCUT2D eigenvalue weighted by Crippen LogP contribution is -2.32. The molecule has 3 aromatic rings. The average molecular weight is 374 g/mol. The summed E-state index contributed by atoms with van der Waals surface area (Å²) in [6.45, 7) is 5.95. The molecular formula is C24H26N2O2. The van der Waals surface area contributed by atoms with Crippen LogP contribution in [0.1, 0.15) is 35.6 Å². The van der Waals surface area contributed by atoms with E-state index in [4.69, 9.17) is 4.74 Å². The zero-order chi connectivity index (χ0) is 19.9. The van der Waals surface area contributed by atoms with E-state index in [9.17, 15) is 4.79 Å². The molecule has 0 aliphatic rings. The molecule has 0 fully saturated rings. The van der Waals surface area contributed by atoms with Crippen LogP contribution in [0.25, 0.3) is 0 Å². The molecule has 1 amide bonds. The van der Waals surface area contributed by atoms with E-state index in [0.717, 1.165) is 29.0 Å². The number of nitrogens with one attached hydrogen (secondary N) is 1. The summed E-state index contributed by atoms with van der Waals surface area (Å²) in [5.41, 5.74) is 5.30. The smallest absolute Gasteiger partial charge is 0.265 e. The van der Waals surface area contributed by atoms with E-state index in [1.54, 1.807) is 12.4 Å². The van der Waals surface area contributed by atoms with Gasteiger partial charge in [-0.25, -0.2) is 0 Å². The fourth-order valence-electron chi connectivity index (χ4n) is 2.97. The van der Waals surface area contributed by atoms with Crippen LogP contribution in [-0.4, -0.2) is 17.0 Å². The first-order valence-corrected chi connectivity index (χ1v) is 9.57. The molecule has 1 heterocycles. The fourth-order valence-corrected chi connectivity index (χ4v) is 2.97. The van der Waals surface area contributed by atoms with Crippen molar-refractivity contribution in [2.75, 3.05) is 5.32 Å². The summed E-state index contributed by atoms with van der Waals surface area (Å²) in [4.78, 5) is 16.7. The van der Waals surface area contributed by atoms with Crippen LogP contribution in [0.3, 0.4) is 0 Å². The van der Waals surface area contributed by atoms with Gasteiger partial charge in [0.2, 0.25) is 0 Å². The Morgan fingerprint density at radius 2 is 1.68 bits per heavy atom. The van der Waals surface area contributed by atoms with Crippen LogP contribution in [-0.2, 0) is 11.2 Å². The molecule has 0 radical (unpaired) electrons. The Kier molecular flexibility index (Phi) is 6.43. The van der Waals surface area contributed by atoms with Crippen LogP contribution in [0.4, 0.5) is 5.69 Å². The molecule has 1 N–H and O–H groups in total. The summed E-state index contributed by atoms with van der Waals surface area (Å²) < 4.78 is 5.99. The summed E-state index contributed by atoms with van der Waals surface area (Å²) in [7, 11) is 0. The number of hydrogen-bond donors (Lipinski definition) is 1. The number of aromatic nitrogens is 1. The third-order valence-corrected chi connectivity index (χ3v) is 4.66. The molecule has 144 valence electrons. The zero-order valence-corrected chi connectivity index (χ0v) is 16.6. The largest absolute Gasteiger partial charge is 0.480 e. The zero-order valence-electron chi connectivity index (χ0n) is 16.6. The highest BCUT2D eigenvalue weighted by molar-refractivity contribution is 5.94. The molecule has 28 heavy (non-hydrogen) atoms. The molecule has 1 atom stereocenters. The molecule has 1 aromatic heterocycles. The number of anilines is 1. The maximum atomic E-state index is 12.7. The lowest BCUT2D eigenvalue weighted by atomic mass is 10.1. The summed E-state index contributed by atoms with van der Waals surface area (Å²) in [5, 5.41) is 2.96. The van der Waals surface area contributed by atoms with Crippen molar-refractivity contribution in [2.45, 2.75) is 39.7 Å². The Morgan fingerprint density at radius 1 is 1.00 bits per heavy atom. The van der Waals surface area contributed by atoms with E-state index < -0.39 is 6.10 Å². The number of nitrogens with zero attached hydrogens (tertiary/aromatic N) is 1. The molecule has 0 bridgehead atoms. The molecule has 0 unspecified atom stereocenters. The van der Waals surface area contributed by atoms with Gasteiger partial charge in [-0.1, -0.05) is 31.2 Å². The molecule has 0 saturated heterocycles. The summed E-state index contributed by atoms with van der Waals surface area (Å²) in [6, 6.07) is 18.0. The maximum absolute atomic E-state index is 12.7. The molecule has 4 nitrogen and oxygen atoms in total. The third kappa shape index (κ3) is 5.19. The highest BCUT2D eigenvalue weighted by Crippen LogP contribution is 2.22. The van der Waals surface area contributed by atoms with Crippen LogP contribution < -0.4 is 10.1 Å². The van der Waals surface area contributed by atoms with Gasteiger partial charge in [-0.05, 0) is 79.3 Å². The van der Waals surface area contributed by atoms with Crippen LogP contribution in [0.2, 0.25) is 0 Å². The van der Waals surface area contributed by atoms with Gasteiger partial charge in [-0.2, -0.15) is 0 Å². The van der Waals surface area contributed by atoms with Gasteiger partial charge in [0.25, 0.3) is 5.91 Å². The van der Waals surface area contributed by atoms with E-state index in [1.165, 1.54) is 11.1 Å². The van der Waals surface area contributed by atoms with Crippen molar-refractivity contribution in [3.63, 3.8) is 0 Å². The Bertz CT molecular complexity index is 921. The van der Waals surface area contributed by atoms with Crippen molar-refractivity contribution in [3.05, 3.63) is 89.2 Å². The van der Waals surface area contributed by atoms with Gasteiger partial charge in [-0.15, -0.1) is 0 Å². The minimum atomic E-state index is -0.531. The van der Waals surface area contributed by atoms with Crippen molar-refractivity contribution < 1.29 is 9.53 Å². The summed E-state index contributed by atoms with van der Waals surface area (Å²) in [6.07, 6.45) is 4.50. The maximum Gasteiger partial charge on any atom is 0.265 e. The highest BCUT2D eigenvalue weighted by atomic mass is 16.5. The van der Waals surface area contributed by atoms with Crippen molar-refractivity contribution in [1.82, 2.24) is 4.98 Å². The second-order valence-electron chi connectivity index (χ2n) is 7.00. The van der Waals surface area contributed by atoms with Crippen molar-refractivity contribution in [1.29, 1.82) is 0 Å². The topological polar surface area (TPSA) is 51.2 Å². The van der Waals surface area contributed by atoms with Crippen molar-refractivity contribution in [3.8, 4) is 5.75 Å². The van der Waals surface area contributed by atoms with Crippen LogP contribution in [0.15, 0.2) is 67.0 Å². The molecule has 2 aromatic carbocycles. The van der Waals surface area contributed by atoms with E-state index in [1.807, 2.05) is 75.4 Å². The Labute approximate surface area is 166 Å². The SMILES string of the molecule is CC[C@H](Oc1cc(C)ccc1C)C(=O)Nc1ccc(Cc2ccncc2)cc1. The molecule has 0 spiro atoms. The number of pyridine rings is 1. The second-order valence-corrected chi connectivity index (χ2v) is 7.00. The number of aryl methyl sites for hydroxylation is 2. The number of carbonyl (C=O) groups is 1. The number of benzene rings is 2. The van der Waals surface area contributed by atoms with Crippen molar-refractivity contribution >= 4 is 11.6 Å². The third-order valence-electron chi connectivity index (χ3n) is 4.66. The lowest BCUT2D eigenvalue weighted by Gasteiger charge is -2.19. The van der Waals surface area contributed by atoms with E-state index >= 15 is 0 Å². The molecular weight excluding hydrogens is 348 g/mol. The number of hydrogen-bond acceptors (Lipinski definition) is 3. The van der Waals surface area contributed by atoms with Gasteiger partial charge in [0.1, 0.15) is 5.75 Å². The van der Waals surface area contributed by atoms with Crippen LogP contribution in [0.5, 0.6) is 5.75 Å². The minimum Gasteiger partial charge on any atom is -0.480 e. The van der Waals surface area contributed by atoms with Crippen LogP contribution >= 0.6 is 0 Å². The second kappa shape index (κ2) is 9.18. The van der Waals surface area contributed by atoms with Crippen LogP contribution in [0, 0.1) is 13.8 Å². The molecule has 4 heteroatoms. The van der Waals surface area contributed by atoms with E-state index in [0.29, 0.717) is 6.42 Å². The summed E-state index contributed by atoms with van der Waals surface area (Å²) in [5.74, 6) is 0.625. The Hall–Kier alpha value is -3.14. The lowest BCUT2D eigenvalue weighted by molar-refractivity contribution is -0.122. The minimum absolute atomic E-state index is 0.134. The predicted molar refractivity (Wildman–Crippen MR) is 113 cm³/mol. The monoisotopic (exact) mass is 374 g/mol. The average Bonchev–Trinajstić information content (AvgIpc) is 2.70. The molecule has 0 saturated carbocycles. The Balaban J connectivity index is 1.63. The first-order valence-electron chi connectivity index (χ1n) is 9.57. The molecule has 0 aliphatic carbocycles. The van der Waals surface area contributed by atoms with Gasteiger partial charge in [0, 0.05) is 18.1 Å². The quantitative estimate of drug-likeness (QED) is 0.627. The first kappa shape index (κ1) is 19.6. The highest BCUT2D eigenvalue weighted by Gasteiger charge is 2.19. The number of rotatable bonds is 7. The normalized spacial score (nSPS) is 11.7. The molecule has 3 rings (SSSR count). The van der Waals surface area contributed by atoms with Gasteiger partial charge >= 0.3 is 0 Å². The van der Waals surface area contributed by atoms with Gasteiger partial charge in [0.05, 0.1) is 0 Å². The number of amides is 1. The van der Waals surface area contributed by atoms with E-state index in [2.05, 4.69) is 10.3 Å². The predicted octanol–water partition coefficient (Wildman–Crippen LogP) is 5.09. The van der Waals surface area contributed by atoms with Gasteiger partial charge in [-0.3, -0.25) is 9.78 Å². The number of carbonyl (C=O) groups excluding carboxylic acids is 1. The van der Waals surface area contributed by atoms with Crippen molar-refractivity contribution in [2.24, 2.45) is 0 Å². The van der Waals surface area contributed by atoms with E-state index in [-0.39, 0.29) is 5.91 Å². The fraction of sp³-hybridized carbons (Fsp3) is 0.250. The summed E-state index contributed by atoms with van der Waals surface area (Å²) >= 11 is 0. The Morgan fingerprint density at radius 3 is 2.36 bits per heavy atom. The molecule has 0 aliphatic heterocycles. The van der Waals surface area contributed by atoms with Gasteiger partial charge in [0.15, 0.2) is 6.10 Å². The first-order chi connectivity index (χ1) is 13.5. The standard InChI is InChI=1S/C24H26N2O2/c1-4-22(28-23-15-17(2)5-6-18(23)3)24(27)26-21-9-7-19(8-10-21)16-20-11-13-25-14-12-20/h5-15,22H,4,16H2,1-3H3,(H,26,27)/t22-/m0/s1. The number of ether oxygens (including phenoxy) is 1. The van der Waals surface area contributed by atoms with Gasteiger partial charge < -0.3 is 10.1 Å².